The van der Waals surface area contributed by atoms with Crippen molar-refractivity contribution < 1.29 is 0 Å². The number of H-pyrrole nitrogens is 1. The van der Waals surface area contributed by atoms with E-state index >= 15 is 0 Å². The van der Waals surface area contributed by atoms with E-state index < -0.39 is 0 Å². The lowest BCUT2D eigenvalue weighted by molar-refractivity contribution is 0.920. The molecular formula is C17H16N6. The molecule has 4 aromatic rings. The van der Waals surface area contributed by atoms with Crippen molar-refractivity contribution in [3.05, 3.63) is 60.6 Å². The van der Waals surface area contributed by atoms with Gasteiger partial charge in [0.15, 0.2) is 5.82 Å². The number of rotatable bonds is 4. The number of hydrogen-bond acceptors (Lipinski definition) is 4. The molecule has 0 aliphatic carbocycles. The van der Waals surface area contributed by atoms with Crippen LogP contribution in [0.5, 0.6) is 0 Å². The van der Waals surface area contributed by atoms with E-state index in [1.165, 1.54) is 5.56 Å². The molecule has 6 heteroatoms. The van der Waals surface area contributed by atoms with Gasteiger partial charge in [-0.25, -0.2) is 0 Å². The Morgan fingerprint density at radius 1 is 1.17 bits per heavy atom. The number of benzene rings is 2. The summed E-state index contributed by atoms with van der Waals surface area (Å²) < 4.78 is 1.91. The molecule has 0 amide bonds. The molecule has 0 saturated heterocycles. The van der Waals surface area contributed by atoms with Crippen LogP contribution < -0.4 is 5.32 Å². The second-order valence-corrected chi connectivity index (χ2v) is 5.45. The molecule has 0 aliphatic heterocycles. The van der Waals surface area contributed by atoms with Crippen LogP contribution in [-0.4, -0.2) is 25.0 Å². The molecule has 6 nitrogen and oxygen atoms in total. The van der Waals surface area contributed by atoms with E-state index in [4.69, 9.17) is 0 Å². The summed E-state index contributed by atoms with van der Waals surface area (Å²) in [7, 11) is 1.94. The molecule has 23 heavy (non-hydrogen) atoms. The maximum absolute atomic E-state index is 4.15. The molecule has 0 aliphatic rings. The van der Waals surface area contributed by atoms with Gasteiger partial charge in [-0.2, -0.15) is 5.10 Å². The highest BCUT2D eigenvalue weighted by Crippen LogP contribution is 2.22. The normalized spacial score (nSPS) is 11.0. The largest absolute Gasteiger partial charge is 0.381 e. The average molecular weight is 304 g/mol. The number of fused-ring (bicyclic) bond motifs is 1. The Labute approximate surface area is 133 Å². The van der Waals surface area contributed by atoms with Crippen LogP contribution in [0.3, 0.4) is 0 Å². The van der Waals surface area contributed by atoms with Crippen LogP contribution in [0.4, 0.5) is 5.69 Å². The summed E-state index contributed by atoms with van der Waals surface area (Å²) in [5, 5.41) is 19.8. The van der Waals surface area contributed by atoms with Crippen LogP contribution >= 0.6 is 0 Å². The first-order chi connectivity index (χ1) is 11.3. The molecular weight excluding hydrogens is 288 g/mol. The van der Waals surface area contributed by atoms with Gasteiger partial charge in [0.25, 0.3) is 0 Å². The second kappa shape index (κ2) is 5.57. The van der Waals surface area contributed by atoms with Crippen molar-refractivity contribution in [2.24, 2.45) is 7.05 Å². The van der Waals surface area contributed by atoms with Gasteiger partial charge in [-0.15, -0.1) is 10.2 Å². The number of nitrogens with one attached hydrogen (secondary N) is 2. The van der Waals surface area contributed by atoms with Crippen molar-refractivity contribution in [1.29, 1.82) is 0 Å². The number of para-hydroxylation sites is 1. The quantitative estimate of drug-likeness (QED) is 0.608. The van der Waals surface area contributed by atoms with Gasteiger partial charge in [0, 0.05) is 30.2 Å². The number of hydrogen-bond donors (Lipinski definition) is 2. The van der Waals surface area contributed by atoms with Gasteiger partial charge in [0.05, 0.1) is 11.7 Å². The third-order valence-corrected chi connectivity index (χ3v) is 3.88. The van der Waals surface area contributed by atoms with Crippen LogP contribution in [0.2, 0.25) is 0 Å². The van der Waals surface area contributed by atoms with Crippen molar-refractivity contribution in [1.82, 2.24) is 25.0 Å². The second-order valence-electron chi connectivity index (χ2n) is 5.45. The minimum absolute atomic E-state index is 0.724. The molecule has 0 fully saturated rings. The highest BCUT2D eigenvalue weighted by Gasteiger charge is 2.06. The zero-order valence-electron chi connectivity index (χ0n) is 12.7. The highest BCUT2D eigenvalue weighted by molar-refractivity contribution is 5.81. The van der Waals surface area contributed by atoms with E-state index in [-0.39, 0.29) is 0 Å². The molecule has 0 bridgehead atoms. The Morgan fingerprint density at radius 3 is 2.96 bits per heavy atom. The summed E-state index contributed by atoms with van der Waals surface area (Å²) >= 11 is 0. The van der Waals surface area contributed by atoms with Gasteiger partial charge in [-0.3, -0.25) is 5.10 Å². The first-order valence-electron chi connectivity index (χ1n) is 7.40. The van der Waals surface area contributed by atoms with Gasteiger partial charge >= 0.3 is 0 Å². The van der Waals surface area contributed by atoms with Crippen LogP contribution in [0.15, 0.2) is 55.0 Å². The SMILES string of the molecule is Cn1cnnc1-c1cccc(NCc2cccc3cn[nH]c23)c1. The highest BCUT2D eigenvalue weighted by atomic mass is 15.2. The van der Waals surface area contributed by atoms with Gasteiger partial charge in [-0.1, -0.05) is 30.3 Å². The van der Waals surface area contributed by atoms with E-state index in [1.807, 2.05) is 42.1 Å². The van der Waals surface area contributed by atoms with Crippen LogP contribution in [0.1, 0.15) is 5.56 Å². The van der Waals surface area contributed by atoms with Crippen LogP contribution in [0.25, 0.3) is 22.3 Å². The number of anilines is 1. The Bertz CT molecular complexity index is 952. The van der Waals surface area contributed by atoms with Crippen molar-refractivity contribution in [3.8, 4) is 11.4 Å². The van der Waals surface area contributed by atoms with E-state index in [0.717, 1.165) is 34.5 Å². The molecule has 2 N–H and O–H groups in total. The van der Waals surface area contributed by atoms with Crippen molar-refractivity contribution in [3.63, 3.8) is 0 Å². The maximum atomic E-state index is 4.15. The molecule has 4 rings (SSSR count). The van der Waals surface area contributed by atoms with E-state index in [9.17, 15) is 0 Å². The smallest absolute Gasteiger partial charge is 0.163 e. The summed E-state index contributed by atoms with van der Waals surface area (Å²) in [6.45, 7) is 0.724. The van der Waals surface area contributed by atoms with Gasteiger partial charge < -0.3 is 9.88 Å². The summed E-state index contributed by atoms with van der Waals surface area (Å²) in [5.41, 5.74) is 4.34. The molecule has 0 radical (unpaired) electrons. The molecule has 2 aromatic carbocycles. The average Bonchev–Trinajstić information content (AvgIpc) is 3.22. The molecule has 2 aromatic heterocycles. The minimum Gasteiger partial charge on any atom is -0.381 e. The lowest BCUT2D eigenvalue weighted by atomic mass is 10.1. The predicted molar refractivity (Wildman–Crippen MR) is 89.9 cm³/mol. The molecule has 0 unspecified atom stereocenters. The minimum atomic E-state index is 0.724. The van der Waals surface area contributed by atoms with Gasteiger partial charge in [0.2, 0.25) is 0 Å². The summed E-state index contributed by atoms with van der Waals surface area (Å²) in [4.78, 5) is 0. The monoisotopic (exact) mass is 304 g/mol. The van der Waals surface area contributed by atoms with E-state index in [2.05, 4.69) is 43.9 Å². The third kappa shape index (κ3) is 2.55. The third-order valence-electron chi connectivity index (χ3n) is 3.88. The van der Waals surface area contributed by atoms with Crippen LogP contribution in [0, 0.1) is 0 Å². The zero-order valence-corrected chi connectivity index (χ0v) is 12.7. The molecule has 0 spiro atoms. The van der Waals surface area contributed by atoms with Crippen molar-refractivity contribution in [2.75, 3.05) is 5.32 Å². The van der Waals surface area contributed by atoms with E-state index in [0.29, 0.717) is 0 Å². The lowest BCUT2D eigenvalue weighted by Crippen LogP contribution is -2.00. The number of nitrogens with zero attached hydrogens (tertiary/aromatic N) is 4. The summed E-state index contributed by atoms with van der Waals surface area (Å²) in [6, 6.07) is 14.4. The van der Waals surface area contributed by atoms with Gasteiger partial charge in [-0.05, 0) is 17.7 Å². The van der Waals surface area contributed by atoms with Crippen LogP contribution in [-0.2, 0) is 13.6 Å². The number of aromatic amines is 1. The number of aromatic nitrogens is 5. The topological polar surface area (TPSA) is 71.4 Å². The first-order valence-corrected chi connectivity index (χ1v) is 7.40. The Balaban J connectivity index is 1.58. The Hall–Kier alpha value is -3.15. The van der Waals surface area contributed by atoms with Gasteiger partial charge in [0.1, 0.15) is 6.33 Å². The lowest BCUT2D eigenvalue weighted by Gasteiger charge is -2.09. The predicted octanol–water partition coefficient (Wildman–Crippen LogP) is 2.97. The Morgan fingerprint density at radius 2 is 2.09 bits per heavy atom. The first kappa shape index (κ1) is 13.5. The maximum Gasteiger partial charge on any atom is 0.163 e. The summed E-state index contributed by atoms with van der Waals surface area (Å²) in [6.07, 6.45) is 3.54. The molecule has 2 heterocycles. The fraction of sp³-hybridized carbons (Fsp3) is 0.118. The molecule has 0 saturated carbocycles. The van der Waals surface area contributed by atoms with E-state index in [1.54, 1.807) is 6.33 Å². The standard InChI is InChI=1S/C17H16N6/c1-23-11-20-22-17(23)12-4-3-7-15(8-12)18-9-13-5-2-6-14-10-19-21-16(13)14/h2-8,10-11,18H,9H2,1H3,(H,19,21). The fourth-order valence-corrected chi connectivity index (χ4v) is 2.69. The van der Waals surface area contributed by atoms with Crippen molar-refractivity contribution in [2.45, 2.75) is 6.54 Å². The van der Waals surface area contributed by atoms with Crippen molar-refractivity contribution >= 4 is 16.6 Å². The summed E-state index contributed by atoms with van der Waals surface area (Å²) in [5.74, 6) is 0.851. The molecule has 0 atom stereocenters. The number of aryl methyl sites for hydroxylation is 1. The zero-order chi connectivity index (χ0) is 15.6. The Kier molecular flexibility index (Phi) is 3.27. The fourth-order valence-electron chi connectivity index (χ4n) is 2.69. The molecule has 114 valence electrons.